The molecule has 2 heterocycles. The number of H-pyrrole nitrogens is 1. The van der Waals surface area contributed by atoms with Crippen molar-refractivity contribution in [2.75, 3.05) is 0 Å². The first-order valence-electron chi connectivity index (χ1n) is 7.27. The summed E-state index contributed by atoms with van der Waals surface area (Å²) in [6.07, 6.45) is 3.27. The van der Waals surface area contributed by atoms with Gasteiger partial charge in [-0.05, 0) is 25.2 Å². The van der Waals surface area contributed by atoms with Gasteiger partial charge in [0.15, 0.2) is 5.69 Å². The Labute approximate surface area is 122 Å². The number of fused-ring (bicyclic) bond motifs is 1. The molecule has 5 nitrogen and oxygen atoms in total. The van der Waals surface area contributed by atoms with Crippen molar-refractivity contribution in [2.24, 2.45) is 5.92 Å². The summed E-state index contributed by atoms with van der Waals surface area (Å²) in [6.45, 7) is 2.27. The lowest BCUT2D eigenvalue weighted by molar-refractivity contribution is 0.429. The molecule has 0 aliphatic heterocycles. The molecular formula is C16H16N4O. The summed E-state index contributed by atoms with van der Waals surface area (Å²) in [4.78, 5) is 4.50. The van der Waals surface area contributed by atoms with Crippen molar-refractivity contribution in [3.8, 4) is 23.0 Å². The fourth-order valence-electron chi connectivity index (χ4n) is 2.87. The monoisotopic (exact) mass is 280 g/mol. The van der Waals surface area contributed by atoms with Crippen molar-refractivity contribution in [1.82, 2.24) is 20.3 Å². The van der Waals surface area contributed by atoms with Crippen molar-refractivity contribution in [3.05, 3.63) is 41.6 Å². The summed E-state index contributed by atoms with van der Waals surface area (Å²) in [5.74, 6) is 1.78. The average molecular weight is 280 g/mol. The first kappa shape index (κ1) is 12.3. The van der Waals surface area contributed by atoms with Crippen molar-refractivity contribution in [3.63, 3.8) is 0 Å². The maximum atomic E-state index is 5.42. The Hall–Kier alpha value is -2.43. The SMILES string of the molecule is C[C@H]1CCc2[nH]nc(-c3nc(-c4ccccc4)no3)c2C1. The predicted molar refractivity (Wildman–Crippen MR) is 78.5 cm³/mol. The van der Waals surface area contributed by atoms with E-state index in [9.17, 15) is 0 Å². The highest BCUT2D eigenvalue weighted by Crippen LogP contribution is 2.31. The molecule has 0 spiro atoms. The largest absolute Gasteiger partial charge is 0.332 e. The third-order valence-corrected chi connectivity index (χ3v) is 4.05. The zero-order chi connectivity index (χ0) is 14.2. The van der Waals surface area contributed by atoms with Gasteiger partial charge in [0.2, 0.25) is 5.82 Å². The van der Waals surface area contributed by atoms with Crippen molar-refractivity contribution in [2.45, 2.75) is 26.2 Å². The van der Waals surface area contributed by atoms with Crippen molar-refractivity contribution < 1.29 is 4.52 Å². The molecule has 5 heteroatoms. The van der Waals surface area contributed by atoms with E-state index in [1.165, 1.54) is 17.7 Å². The zero-order valence-corrected chi connectivity index (χ0v) is 11.8. The standard InChI is InChI=1S/C16H16N4O/c1-10-7-8-13-12(9-10)14(19-18-13)16-17-15(20-21-16)11-5-3-2-4-6-11/h2-6,10H,7-9H2,1H3,(H,18,19)/t10-/m0/s1. The van der Waals surface area contributed by atoms with Gasteiger partial charge in [-0.2, -0.15) is 10.1 Å². The molecule has 0 radical (unpaired) electrons. The van der Waals surface area contributed by atoms with E-state index in [-0.39, 0.29) is 0 Å². The topological polar surface area (TPSA) is 67.6 Å². The zero-order valence-electron chi connectivity index (χ0n) is 11.8. The van der Waals surface area contributed by atoms with E-state index in [4.69, 9.17) is 4.52 Å². The van der Waals surface area contributed by atoms with Gasteiger partial charge in [0.25, 0.3) is 5.89 Å². The van der Waals surface area contributed by atoms with Gasteiger partial charge in [-0.15, -0.1) is 0 Å². The Bertz CT molecular complexity index is 760. The van der Waals surface area contributed by atoms with Crippen molar-refractivity contribution >= 4 is 0 Å². The Morgan fingerprint density at radius 3 is 2.95 bits per heavy atom. The summed E-state index contributed by atoms with van der Waals surface area (Å²) in [6, 6.07) is 9.83. The number of nitrogens with one attached hydrogen (secondary N) is 1. The summed E-state index contributed by atoms with van der Waals surface area (Å²) < 4.78 is 5.42. The number of hydrogen-bond acceptors (Lipinski definition) is 4. The van der Waals surface area contributed by atoms with Gasteiger partial charge in [-0.25, -0.2) is 0 Å². The van der Waals surface area contributed by atoms with Crippen LogP contribution in [-0.4, -0.2) is 20.3 Å². The van der Waals surface area contributed by atoms with E-state index >= 15 is 0 Å². The Kier molecular flexibility index (Phi) is 2.84. The van der Waals surface area contributed by atoms with E-state index in [0.717, 1.165) is 24.1 Å². The second-order valence-electron chi connectivity index (χ2n) is 5.67. The Morgan fingerprint density at radius 1 is 1.24 bits per heavy atom. The lowest BCUT2D eigenvalue weighted by atomic mass is 9.88. The quantitative estimate of drug-likeness (QED) is 0.782. The lowest BCUT2D eigenvalue weighted by Crippen LogP contribution is -2.10. The molecule has 1 aromatic carbocycles. The first-order valence-corrected chi connectivity index (χ1v) is 7.27. The van der Waals surface area contributed by atoms with Crippen LogP contribution in [0.25, 0.3) is 23.0 Å². The molecule has 21 heavy (non-hydrogen) atoms. The van der Waals surface area contributed by atoms with E-state index < -0.39 is 0 Å². The van der Waals surface area contributed by atoms with Gasteiger partial charge in [-0.3, -0.25) is 5.10 Å². The molecule has 0 unspecified atom stereocenters. The normalized spacial score (nSPS) is 17.7. The number of nitrogens with zero attached hydrogens (tertiary/aromatic N) is 3. The smallest absolute Gasteiger partial charge is 0.279 e. The fourth-order valence-corrected chi connectivity index (χ4v) is 2.87. The molecule has 1 aliphatic carbocycles. The Morgan fingerprint density at radius 2 is 2.10 bits per heavy atom. The Balaban J connectivity index is 1.72. The van der Waals surface area contributed by atoms with E-state index in [1.807, 2.05) is 30.3 Å². The predicted octanol–water partition coefficient (Wildman–Crippen LogP) is 3.25. The lowest BCUT2D eigenvalue weighted by Gasteiger charge is -2.17. The highest BCUT2D eigenvalue weighted by molar-refractivity contribution is 5.60. The molecule has 1 aliphatic rings. The minimum absolute atomic E-state index is 0.500. The van der Waals surface area contributed by atoms with Crippen LogP contribution in [0.1, 0.15) is 24.6 Å². The van der Waals surface area contributed by atoms with Crippen LogP contribution in [0.3, 0.4) is 0 Å². The van der Waals surface area contributed by atoms with Crippen LogP contribution < -0.4 is 0 Å². The van der Waals surface area contributed by atoms with Crippen LogP contribution in [0.2, 0.25) is 0 Å². The molecule has 0 amide bonds. The molecule has 4 rings (SSSR count). The molecule has 0 saturated carbocycles. The second kappa shape index (κ2) is 4.84. The number of aromatic nitrogens is 4. The number of aromatic amines is 1. The number of aryl methyl sites for hydroxylation is 1. The van der Waals surface area contributed by atoms with Crippen LogP contribution in [0, 0.1) is 5.92 Å². The molecule has 3 aromatic rings. The summed E-state index contributed by atoms with van der Waals surface area (Å²) in [7, 11) is 0. The highest BCUT2D eigenvalue weighted by Gasteiger charge is 2.25. The highest BCUT2D eigenvalue weighted by atomic mass is 16.5. The summed E-state index contributed by atoms with van der Waals surface area (Å²) in [5, 5.41) is 11.6. The van der Waals surface area contributed by atoms with Crippen LogP contribution in [0.15, 0.2) is 34.9 Å². The van der Waals surface area contributed by atoms with Crippen LogP contribution in [-0.2, 0) is 12.8 Å². The molecule has 0 fully saturated rings. The van der Waals surface area contributed by atoms with E-state index in [0.29, 0.717) is 17.6 Å². The van der Waals surface area contributed by atoms with Gasteiger partial charge < -0.3 is 4.52 Å². The van der Waals surface area contributed by atoms with Crippen LogP contribution in [0.5, 0.6) is 0 Å². The third-order valence-electron chi connectivity index (χ3n) is 4.05. The van der Waals surface area contributed by atoms with E-state index in [2.05, 4.69) is 27.3 Å². The van der Waals surface area contributed by atoms with Gasteiger partial charge >= 0.3 is 0 Å². The summed E-state index contributed by atoms with van der Waals surface area (Å²) in [5.41, 5.74) is 4.20. The molecule has 0 bridgehead atoms. The van der Waals surface area contributed by atoms with Gasteiger partial charge in [-0.1, -0.05) is 42.4 Å². The maximum absolute atomic E-state index is 5.42. The first-order chi connectivity index (χ1) is 10.3. The minimum atomic E-state index is 0.500. The third kappa shape index (κ3) is 2.14. The average Bonchev–Trinajstić information content (AvgIpc) is 3.14. The van der Waals surface area contributed by atoms with Gasteiger partial charge in [0.1, 0.15) is 0 Å². The molecule has 1 N–H and O–H groups in total. The molecular weight excluding hydrogens is 264 g/mol. The van der Waals surface area contributed by atoms with Gasteiger partial charge in [0.05, 0.1) is 0 Å². The number of hydrogen-bond donors (Lipinski definition) is 1. The van der Waals surface area contributed by atoms with Crippen LogP contribution >= 0.6 is 0 Å². The van der Waals surface area contributed by atoms with Crippen LogP contribution in [0.4, 0.5) is 0 Å². The maximum Gasteiger partial charge on any atom is 0.279 e. The number of benzene rings is 1. The van der Waals surface area contributed by atoms with Gasteiger partial charge in [0, 0.05) is 16.8 Å². The molecule has 2 aromatic heterocycles. The van der Waals surface area contributed by atoms with Crippen molar-refractivity contribution in [1.29, 1.82) is 0 Å². The number of rotatable bonds is 2. The minimum Gasteiger partial charge on any atom is -0.332 e. The molecule has 0 saturated heterocycles. The second-order valence-corrected chi connectivity index (χ2v) is 5.67. The van der Waals surface area contributed by atoms with E-state index in [1.54, 1.807) is 0 Å². The molecule has 1 atom stereocenters. The molecule has 106 valence electrons. The summed E-state index contributed by atoms with van der Waals surface area (Å²) >= 11 is 0. The fraction of sp³-hybridized carbons (Fsp3) is 0.312.